The van der Waals surface area contributed by atoms with Crippen LogP contribution in [0.3, 0.4) is 0 Å². The molecule has 13 heavy (non-hydrogen) atoms. The molecule has 78 valence electrons. The summed E-state index contributed by atoms with van der Waals surface area (Å²) in [5.41, 5.74) is 0. The first-order valence-corrected chi connectivity index (χ1v) is 5.48. The molecule has 0 N–H and O–H groups in total. The average molecular weight is 204 g/mol. The second kappa shape index (κ2) is 11.8. The first-order chi connectivity index (χ1) is 6.41. The van der Waals surface area contributed by atoms with E-state index in [4.69, 9.17) is 13.9 Å². The first kappa shape index (κ1) is 12.8. The highest BCUT2D eigenvalue weighted by Gasteiger charge is 1.89. The van der Waals surface area contributed by atoms with Gasteiger partial charge in [0.25, 0.3) is 0 Å². The lowest BCUT2D eigenvalue weighted by Gasteiger charge is -2.04. The number of rotatable bonds is 10. The SMILES string of the molecule is C=CCCOCCOCCCO[SiH3]. The summed E-state index contributed by atoms with van der Waals surface area (Å²) in [6, 6.07) is 0. The van der Waals surface area contributed by atoms with Crippen LogP contribution in [-0.4, -0.2) is 43.5 Å². The molecule has 0 heterocycles. The molecule has 0 atom stereocenters. The van der Waals surface area contributed by atoms with E-state index in [1.165, 1.54) is 0 Å². The fourth-order valence-electron chi connectivity index (χ4n) is 0.794. The topological polar surface area (TPSA) is 27.7 Å². The Kier molecular flexibility index (Phi) is 11.7. The van der Waals surface area contributed by atoms with Crippen molar-refractivity contribution in [2.24, 2.45) is 0 Å². The zero-order valence-electron chi connectivity index (χ0n) is 8.46. The molecule has 0 aliphatic heterocycles. The Labute approximate surface area is 83.6 Å². The van der Waals surface area contributed by atoms with Crippen molar-refractivity contribution < 1.29 is 13.9 Å². The van der Waals surface area contributed by atoms with Crippen LogP contribution in [0, 0.1) is 0 Å². The molecule has 0 unspecified atom stereocenters. The largest absolute Gasteiger partial charge is 0.428 e. The molecule has 0 saturated carbocycles. The van der Waals surface area contributed by atoms with Crippen molar-refractivity contribution in [3.8, 4) is 0 Å². The highest BCUT2D eigenvalue weighted by molar-refractivity contribution is 5.97. The highest BCUT2D eigenvalue weighted by atomic mass is 28.2. The van der Waals surface area contributed by atoms with Gasteiger partial charge in [-0.3, -0.25) is 0 Å². The van der Waals surface area contributed by atoms with Crippen molar-refractivity contribution in [3.05, 3.63) is 12.7 Å². The summed E-state index contributed by atoms with van der Waals surface area (Å²) in [4.78, 5) is 0. The summed E-state index contributed by atoms with van der Waals surface area (Å²) in [6.45, 7) is 7.30. The molecule has 3 nitrogen and oxygen atoms in total. The van der Waals surface area contributed by atoms with E-state index in [2.05, 4.69) is 6.58 Å². The van der Waals surface area contributed by atoms with E-state index >= 15 is 0 Å². The molecule has 4 heteroatoms. The summed E-state index contributed by atoms with van der Waals surface area (Å²) in [7, 11) is 0.820. The van der Waals surface area contributed by atoms with E-state index in [1.54, 1.807) is 0 Å². The second-order valence-corrected chi connectivity index (χ2v) is 3.23. The third-order valence-corrected chi connectivity index (χ3v) is 1.88. The molecule has 0 aliphatic carbocycles. The number of hydrogen-bond donors (Lipinski definition) is 0. The van der Waals surface area contributed by atoms with Gasteiger partial charge in [0.1, 0.15) is 10.5 Å². The Bertz CT molecular complexity index is 109. The van der Waals surface area contributed by atoms with E-state index in [1.807, 2.05) is 6.08 Å². The van der Waals surface area contributed by atoms with Crippen LogP contribution in [0.2, 0.25) is 0 Å². The van der Waals surface area contributed by atoms with Crippen LogP contribution in [0.25, 0.3) is 0 Å². The summed E-state index contributed by atoms with van der Waals surface area (Å²) < 4.78 is 15.6. The smallest absolute Gasteiger partial charge is 0.145 e. The Morgan fingerprint density at radius 2 is 1.69 bits per heavy atom. The predicted octanol–water partition coefficient (Wildman–Crippen LogP) is 0.283. The van der Waals surface area contributed by atoms with Crippen LogP contribution in [-0.2, 0) is 13.9 Å². The van der Waals surface area contributed by atoms with Gasteiger partial charge in [0, 0.05) is 13.2 Å². The van der Waals surface area contributed by atoms with Crippen molar-refractivity contribution in [1.29, 1.82) is 0 Å². The molecule has 0 aromatic rings. The number of hydrogen-bond acceptors (Lipinski definition) is 3. The normalized spacial score (nSPS) is 10.5. The van der Waals surface area contributed by atoms with E-state index < -0.39 is 0 Å². The van der Waals surface area contributed by atoms with Crippen molar-refractivity contribution in [1.82, 2.24) is 0 Å². The van der Waals surface area contributed by atoms with E-state index in [9.17, 15) is 0 Å². The number of ether oxygens (including phenoxy) is 2. The van der Waals surface area contributed by atoms with Crippen LogP contribution in [0.4, 0.5) is 0 Å². The lowest BCUT2D eigenvalue weighted by molar-refractivity contribution is 0.0454. The Hall–Kier alpha value is -0.163. The molecule has 0 aliphatic rings. The molecule has 0 spiro atoms. The minimum Gasteiger partial charge on any atom is -0.428 e. The van der Waals surface area contributed by atoms with Gasteiger partial charge in [-0.1, -0.05) is 6.08 Å². The van der Waals surface area contributed by atoms with Gasteiger partial charge in [0.05, 0.1) is 19.8 Å². The molecule has 0 fully saturated rings. The van der Waals surface area contributed by atoms with Crippen LogP contribution in [0.15, 0.2) is 12.7 Å². The van der Waals surface area contributed by atoms with Gasteiger partial charge >= 0.3 is 0 Å². The van der Waals surface area contributed by atoms with Crippen molar-refractivity contribution in [2.75, 3.05) is 33.0 Å². The van der Waals surface area contributed by atoms with E-state index in [-0.39, 0.29) is 0 Å². The zero-order chi connectivity index (χ0) is 9.78. The first-order valence-electron chi connectivity index (χ1n) is 4.67. The average Bonchev–Trinajstić information content (AvgIpc) is 2.16. The molecule has 0 bridgehead atoms. The molecule has 0 aromatic carbocycles. The fraction of sp³-hybridized carbons (Fsp3) is 0.778. The second-order valence-electron chi connectivity index (χ2n) is 2.65. The standard InChI is InChI=1S/C9H20O3Si/c1-2-3-5-10-8-9-11-6-4-7-12-13/h2H,1,3-9H2,13H3. The minimum absolute atomic E-state index is 0.676. The summed E-state index contributed by atoms with van der Waals surface area (Å²) >= 11 is 0. The maximum atomic E-state index is 5.30. The van der Waals surface area contributed by atoms with Crippen molar-refractivity contribution in [2.45, 2.75) is 12.8 Å². The fourth-order valence-corrected chi connectivity index (χ4v) is 1.08. The monoisotopic (exact) mass is 204 g/mol. The Morgan fingerprint density at radius 3 is 2.31 bits per heavy atom. The maximum Gasteiger partial charge on any atom is 0.145 e. The van der Waals surface area contributed by atoms with Crippen LogP contribution >= 0.6 is 0 Å². The molecular formula is C9H20O3Si. The highest BCUT2D eigenvalue weighted by Crippen LogP contribution is 1.86. The van der Waals surface area contributed by atoms with Crippen LogP contribution in [0.1, 0.15) is 12.8 Å². The quantitative estimate of drug-likeness (QED) is 0.291. The molecule has 0 radical (unpaired) electrons. The van der Waals surface area contributed by atoms with Gasteiger partial charge in [-0.25, -0.2) is 0 Å². The van der Waals surface area contributed by atoms with Gasteiger partial charge in [-0.15, -0.1) is 6.58 Å². The van der Waals surface area contributed by atoms with Gasteiger partial charge in [-0.05, 0) is 12.8 Å². The van der Waals surface area contributed by atoms with Crippen LogP contribution < -0.4 is 0 Å². The van der Waals surface area contributed by atoms with Crippen LogP contribution in [0.5, 0.6) is 0 Å². The molecule has 0 aromatic heterocycles. The summed E-state index contributed by atoms with van der Waals surface area (Å²) in [5.74, 6) is 0. The van der Waals surface area contributed by atoms with Gasteiger partial charge in [-0.2, -0.15) is 0 Å². The summed E-state index contributed by atoms with van der Waals surface area (Å²) in [6.07, 6.45) is 3.74. The lowest BCUT2D eigenvalue weighted by Crippen LogP contribution is -2.07. The molecule has 0 amide bonds. The minimum atomic E-state index is 0.676. The molecular weight excluding hydrogens is 184 g/mol. The molecule has 0 rings (SSSR count). The Balaban J connectivity index is 2.79. The van der Waals surface area contributed by atoms with Gasteiger partial charge < -0.3 is 13.9 Å². The Morgan fingerprint density at radius 1 is 1.00 bits per heavy atom. The maximum absolute atomic E-state index is 5.30. The molecule has 0 saturated heterocycles. The van der Waals surface area contributed by atoms with Crippen molar-refractivity contribution in [3.63, 3.8) is 0 Å². The lowest BCUT2D eigenvalue weighted by atomic mass is 10.5. The van der Waals surface area contributed by atoms with Gasteiger partial charge in [0.2, 0.25) is 0 Å². The van der Waals surface area contributed by atoms with E-state index in [0.717, 1.165) is 43.1 Å². The third kappa shape index (κ3) is 11.8. The van der Waals surface area contributed by atoms with E-state index in [0.29, 0.717) is 13.2 Å². The predicted molar refractivity (Wildman–Crippen MR) is 57.0 cm³/mol. The summed E-state index contributed by atoms with van der Waals surface area (Å²) in [5, 5.41) is 0. The zero-order valence-corrected chi connectivity index (χ0v) is 10.5. The van der Waals surface area contributed by atoms with Crippen molar-refractivity contribution >= 4 is 10.5 Å². The third-order valence-electron chi connectivity index (χ3n) is 1.48. The van der Waals surface area contributed by atoms with Gasteiger partial charge in [0.15, 0.2) is 0 Å².